The fourth-order valence-corrected chi connectivity index (χ4v) is 4.34. The summed E-state index contributed by atoms with van der Waals surface area (Å²) in [5.41, 5.74) is 8.28. The van der Waals surface area contributed by atoms with Crippen LogP contribution in [0.3, 0.4) is 0 Å². The second-order valence-corrected chi connectivity index (χ2v) is 10.3. The first-order chi connectivity index (χ1) is 17.6. The number of tetrazole rings is 1. The number of nitrogens with zero attached hydrogens (tertiary/aromatic N) is 7. The number of guanidine groups is 1. The van der Waals surface area contributed by atoms with Crippen LogP contribution in [-0.2, 0) is 42.6 Å². The summed E-state index contributed by atoms with van der Waals surface area (Å²) in [6.45, 7) is 1.82. The van der Waals surface area contributed by atoms with Gasteiger partial charge in [0.2, 0.25) is 5.60 Å². The van der Waals surface area contributed by atoms with E-state index in [2.05, 4.69) is 36.2 Å². The number of aliphatic carboxylic acids is 1. The molecule has 0 spiro atoms. The standard InChI is InChI=1S/C16H22N12O8S2/c1-16(2,13(31)32)36-25-9(6-5-37-15(19)21-6)11(29)22-10-7(28(12(10)30)38(33,34)35)4-27-24-8(23-26-27)3-20-14(17)18/h5,7,10H,3-4H2,1-2H3,(H2,19,21)(H,22,29)(H,31,32)(H4,17,18,20)(H,33,34,35)/b25-9-/t7-,10?/m0/s1. The Labute approximate surface area is 217 Å². The largest absolute Gasteiger partial charge is 0.478 e. The molecular formula is C16H22N12O8S2. The van der Waals surface area contributed by atoms with Crippen LogP contribution in [0.15, 0.2) is 10.5 Å². The van der Waals surface area contributed by atoms with Gasteiger partial charge in [-0.05, 0) is 19.1 Å². The molecule has 3 rings (SSSR count). The normalized spacial score (nSPS) is 18.0. The summed E-state index contributed by atoms with van der Waals surface area (Å²) in [4.78, 5) is 46.8. The summed E-state index contributed by atoms with van der Waals surface area (Å²) in [6, 6.07) is -2.93. The molecule has 0 radical (unpaired) electrons. The molecule has 1 fully saturated rings. The first kappa shape index (κ1) is 28.1. The van der Waals surface area contributed by atoms with Gasteiger partial charge in [0, 0.05) is 5.38 Å². The number of anilines is 1. The Morgan fingerprint density at radius 2 is 2.08 bits per heavy atom. The highest BCUT2D eigenvalue weighted by atomic mass is 32.2. The lowest BCUT2D eigenvalue weighted by Gasteiger charge is -2.43. The number of aromatic nitrogens is 5. The highest BCUT2D eigenvalue weighted by Gasteiger charge is 2.54. The number of thiazole rings is 1. The van der Waals surface area contributed by atoms with E-state index in [0.717, 1.165) is 16.1 Å². The fourth-order valence-electron chi connectivity index (χ4n) is 2.92. The number of carboxylic acids is 1. The molecule has 0 aromatic carbocycles. The Morgan fingerprint density at radius 3 is 2.63 bits per heavy atom. The summed E-state index contributed by atoms with van der Waals surface area (Å²) in [7, 11) is -5.04. The number of rotatable bonds is 11. The molecule has 2 aromatic heterocycles. The number of nitrogens with one attached hydrogen (secondary N) is 3. The van der Waals surface area contributed by atoms with Gasteiger partial charge in [-0.3, -0.25) is 19.6 Å². The van der Waals surface area contributed by atoms with Crippen LogP contribution >= 0.6 is 11.3 Å². The van der Waals surface area contributed by atoms with Crippen LogP contribution < -0.4 is 22.1 Å². The van der Waals surface area contributed by atoms with Crippen LogP contribution in [0.4, 0.5) is 5.13 Å². The number of nitrogen functional groups attached to an aromatic ring is 1. The van der Waals surface area contributed by atoms with Crippen molar-refractivity contribution in [1.82, 2.24) is 40.1 Å². The molecule has 0 aliphatic carbocycles. The van der Waals surface area contributed by atoms with Crippen molar-refractivity contribution in [2.45, 2.75) is 44.6 Å². The molecule has 0 bridgehead atoms. The summed E-state index contributed by atoms with van der Waals surface area (Å²) < 4.78 is 33.2. The Hall–Kier alpha value is -4.44. The third-order valence-electron chi connectivity index (χ3n) is 4.85. The first-order valence-corrected chi connectivity index (χ1v) is 12.5. The second kappa shape index (κ2) is 10.5. The zero-order valence-corrected chi connectivity index (χ0v) is 21.2. The second-order valence-electron chi connectivity index (χ2n) is 8.08. The Bertz CT molecular complexity index is 1400. The fraction of sp³-hybridized carbons (Fsp3) is 0.438. The van der Waals surface area contributed by atoms with Crippen molar-refractivity contribution in [3.63, 3.8) is 0 Å². The number of carbonyl (C=O) groups is 3. The number of nitrogens with two attached hydrogens (primary N) is 2. The molecule has 2 atom stereocenters. The summed E-state index contributed by atoms with van der Waals surface area (Å²) in [5, 5.41) is 37.4. The Morgan fingerprint density at radius 1 is 1.39 bits per heavy atom. The van der Waals surface area contributed by atoms with Gasteiger partial charge in [-0.1, -0.05) is 5.16 Å². The van der Waals surface area contributed by atoms with E-state index in [0.29, 0.717) is 0 Å². The third kappa shape index (κ3) is 6.27. The molecule has 1 unspecified atom stereocenters. The smallest absolute Gasteiger partial charge is 0.362 e. The van der Waals surface area contributed by atoms with E-state index in [-0.39, 0.29) is 33.5 Å². The molecule has 20 nitrogen and oxygen atoms in total. The lowest BCUT2D eigenvalue weighted by Crippen LogP contribution is -2.73. The molecule has 22 heteroatoms. The van der Waals surface area contributed by atoms with Gasteiger partial charge in [-0.15, -0.1) is 21.5 Å². The van der Waals surface area contributed by atoms with Gasteiger partial charge in [0.1, 0.15) is 17.8 Å². The van der Waals surface area contributed by atoms with Gasteiger partial charge in [0.15, 0.2) is 22.6 Å². The molecule has 0 saturated carbocycles. The van der Waals surface area contributed by atoms with Crippen molar-refractivity contribution in [3.8, 4) is 0 Å². The first-order valence-electron chi connectivity index (χ1n) is 10.3. The molecule has 1 aliphatic rings. The zero-order valence-electron chi connectivity index (χ0n) is 19.6. The average molecular weight is 575 g/mol. The van der Waals surface area contributed by atoms with Crippen LogP contribution in [0.5, 0.6) is 0 Å². The number of oxime groups is 1. The van der Waals surface area contributed by atoms with Crippen molar-refractivity contribution in [2.24, 2.45) is 10.9 Å². The zero-order chi connectivity index (χ0) is 28.4. The third-order valence-corrected chi connectivity index (χ3v) is 6.47. The molecule has 1 aliphatic heterocycles. The van der Waals surface area contributed by atoms with E-state index in [1.54, 1.807) is 0 Å². The molecule has 206 valence electrons. The minimum absolute atomic E-state index is 0.0421. The highest BCUT2D eigenvalue weighted by molar-refractivity contribution is 7.84. The van der Waals surface area contributed by atoms with Crippen LogP contribution in [0.25, 0.3) is 0 Å². The van der Waals surface area contributed by atoms with E-state index in [1.807, 2.05) is 0 Å². The maximum Gasteiger partial charge on any atom is 0.362 e. The minimum Gasteiger partial charge on any atom is -0.478 e. The monoisotopic (exact) mass is 574 g/mol. The molecule has 2 aromatic rings. The number of hydrogen-bond acceptors (Lipinski definition) is 14. The summed E-state index contributed by atoms with van der Waals surface area (Å²) in [5.74, 6) is -3.96. The number of amides is 2. The van der Waals surface area contributed by atoms with Crippen molar-refractivity contribution in [1.29, 1.82) is 5.41 Å². The predicted molar refractivity (Wildman–Crippen MR) is 127 cm³/mol. The summed E-state index contributed by atoms with van der Waals surface area (Å²) in [6.07, 6.45) is 0. The van der Waals surface area contributed by atoms with E-state index in [4.69, 9.17) is 21.7 Å². The molecule has 3 heterocycles. The van der Waals surface area contributed by atoms with Crippen LogP contribution in [0.1, 0.15) is 25.4 Å². The molecule has 9 N–H and O–H groups in total. The van der Waals surface area contributed by atoms with E-state index < -0.39 is 58.0 Å². The van der Waals surface area contributed by atoms with Crippen LogP contribution in [0.2, 0.25) is 0 Å². The Kier molecular flexibility index (Phi) is 7.78. The van der Waals surface area contributed by atoms with Gasteiger partial charge in [0.05, 0.1) is 13.1 Å². The maximum atomic E-state index is 13.1. The quantitative estimate of drug-likeness (QED) is 0.0449. The highest BCUT2D eigenvalue weighted by Crippen LogP contribution is 2.25. The molecule has 2 amide bonds. The number of β-lactam (4-membered cyclic amide) rings is 1. The molecule has 38 heavy (non-hydrogen) atoms. The Balaban J connectivity index is 1.85. The molecule has 1 saturated heterocycles. The lowest BCUT2D eigenvalue weighted by atomic mass is 9.98. The van der Waals surface area contributed by atoms with E-state index in [1.165, 1.54) is 19.2 Å². The van der Waals surface area contributed by atoms with Crippen molar-refractivity contribution in [3.05, 3.63) is 16.9 Å². The van der Waals surface area contributed by atoms with Crippen molar-refractivity contribution in [2.75, 3.05) is 5.73 Å². The van der Waals surface area contributed by atoms with Crippen LogP contribution in [0, 0.1) is 5.41 Å². The number of hydrogen-bond donors (Lipinski definition) is 7. The predicted octanol–water partition coefficient (Wildman–Crippen LogP) is -3.52. The van der Waals surface area contributed by atoms with E-state index in [9.17, 15) is 32.5 Å². The maximum absolute atomic E-state index is 13.1. The van der Waals surface area contributed by atoms with Crippen LogP contribution in [-0.4, -0.2) is 94.7 Å². The van der Waals surface area contributed by atoms with Gasteiger partial charge in [0.25, 0.3) is 11.8 Å². The van der Waals surface area contributed by atoms with Crippen molar-refractivity contribution >= 4 is 56.2 Å². The SMILES string of the molecule is CC(C)(O/N=C(\C(=O)NC1C(=O)N(S(=O)(=O)O)[C@H]1Cn1nnc(CNC(=N)N)n1)c1csc(N)n1)C(=O)O. The number of carbonyl (C=O) groups excluding carboxylic acids is 2. The van der Waals surface area contributed by atoms with Gasteiger partial charge in [-0.25, -0.2) is 14.1 Å². The average Bonchev–Trinajstić information content (AvgIpc) is 3.43. The van der Waals surface area contributed by atoms with Gasteiger partial charge >= 0.3 is 16.3 Å². The van der Waals surface area contributed by atoms with E-state index >= 15 is 0 Å². The molecular weight excluding hydrogens is 552 g/mol. The minimum atomic E-state index is -5.04. The topological polar surface area (TPSA) is 307 Å². The van der Waals surface area contributed by atoms with Crippen molar-refractivity contribution < 1.29 is 37.3 Å². The van der Waals surface area contributed by atoms with Gasteiger partial charge in [-0.2, -0.15) is 13.2 Å². The van der Waals surface area contributed by atoms with Gasteiger partial charge < -0.3 is 32.0 Å². The number of carboxylic acid groups (broad SMARTS) is 1. The lowest BCUT2D eigenvalue weighted by molar-refractivity contribution is -0.161. The summed E-state index contributed by atoms with van der Waals surface area (Å²) >= 11 is 0.936.